The predicted octanol–water partition coefficient (Wildman–Crippen LogP) is -16.4. The van der Waals surface area contributed by atoms with E-state index in [1.54, 1.807) is 0 Å². The third-order valence-corrected chi connectivity index (χ3v) is 0. The maximum absolute atomic E-state index is 7.33. The molecule has 22 heavy (non-hydrogen) atoms. The second kappa shape index (κ2) is 15.7. The van der Waals surface area contributed by atoms with Gasteiger partial charge in [0.1, 0.15) is 0 Å². The average Bonchev–Trinajstić information content (AvgIpc) is 1.62. The Kier molecular flexibility index (Phi) is 27.5. The van der Waals surface area contributed by atoms with Gasteiger partial charge < -0.3 is 81.4 Å². The average molecular weight is 426 g/mol. The Labute approximate surface area is 147 Å². The molecule has 0 heterocycles. The predicted molar refractivity (Wildman–Crippen MR) is 58.5 cm³/mol. The van der Waals surface area contributed by atoms with Crippen molar-refractivity contribution in [3.05, 3.63) is 0 Å². The van der Waals surface area contributed by atoms with Gasteiger partial charge in [-0.15, -0.1) is 0 Å². The van der Waals surface area contributed by atoms with E-state index in [-0.39, 0.29) is 34.3 Å². The molecule has 0 amide bonds. The summed E-state index contributed by atoms with van der Waals surface area (Å²) in [5.74, 6) is 0. The zero-order valence-corrected chi connectivity index (χ0v) is 16.5. The minimum Gasteiger partial charge on any atom is -1.00 e. The molecule has 0 aromatic carbocycles. The molecule has 16 nitrogen and oxygen atoms in total. The van der Waals surface area contributed by atoms with Crippen molar-refractivity contribution < 1.29 is 111 Å². The molecule has 0 saturated heterocycles. The van der Waals surface area contributed by atoms with Crippen LogP contribution in [-0.2, 0) is 0 Å². The minimum absolute atomic E-state index is 0. The quantitative estimate of drug-likeness (QED) is 0.160. The van der Waals surface area contributed by atoms with E-state index in [0.29, 0.717) is 0 Å². The Hall–Kier alpha value is 1.16. The van der Waals surface area contributed by atoms with Gasteiger partial charge in [-0.2, -0.15) is 0 Å². The van der Waals surface area contributed by atoms with Crippen molar-refractivity contribution in [2.45, 2.75) is 0 Å². The van der Waals surface area contributed by atoms with Crippen LogP contribution in [0.15, 0.2) is 0 Å². The smallest absolute Gasteiger partial charge is 1.00 e. The molecule has 0 radical (unpaired) electrons. The van der Waals surface area contributed by atoms with Gasteiger partial charge in [0.05, 0.1) is 0 Å². The SMILES string of the molecule is O[Si](O)(O)O.O[Si](O)(O)O.O[Si](O)(O)O.O[Si](O)(O)O.[F-].[Na+]. The summed E-state index contributed by atoms with van der Waals surface area (Å²) < 4.78 is 0. The molecular weight excluding hydrogens is 410 g/mol. The van der Waals surface area contributed by atoms with Crippen molar-refractivity contribution in [2.75, 3.05) is 0 Å². The normalized spacial score (nSPS) is 10.9. The minimum atomic E-state index is -4.61. The van der Waals surface area contributed by atoms with Crippen LogP contribution in [-0.4, -0.2) is 113 Å². The summed E-state index contributed by atoms with van der Waals surface area (Å²) in [6.07, 6.45) is 0. The molecule has 16 N–H and O–H groups in total. The second-order valence-electron chi connectivity index (χ2n) is 2.40. The van der Waals surface area contributed by atoms with Crippen LogP contribution in [0.25, 0.3) is 0 Å². The Balaban J connectivity index is -0.0000000376. The van der Waals surface area contributed by atoms with Crippen LogP contribution in [0.1, 0.15) is 0 Å². The van der Waals surface area contributed by atoms with E-state index in [9.17, 15) is 0 Å². The maximum atomic E-state index is 7.33. The van der Waals surface area contributed by atoms with Crippen LogP contribution in [0.2, 0.25) is 0 Å². The van der Waals surface area contributed by atoms with Crippen molar-refractivity contribution in [1.82, 2.24) is 0 Å². The molecule has 0 aliphatic rings. The molecule has 0 atom stereocenters. The first kappa shape index (κ1) is 38.6. The van der Waals surface area contributed by atoms with Gasteiger partial charge >= 0.3 is 65.7 Å². The van der Waals surface area contributed by atoms with Gasteiger partial charge in [-0.05, 0) is 0 Å². The monoisotopic (exact) mass is 426 g/mol. The van der Waals surface area contributed by atoms with Gasteiger partial charge in [-0.25, -0.2) is 0 Å². The third kappa shape index (κ3) is 6420. The van der Waals surface area contributed by atoms with Crippen LogP contribution in [0.5, 0.6) is 0 Å². The van der Waals surface area contributed by atoms with E-state index in [1.165, 1.54) is 0 Å². The van der Waals surface area contributed by atoms with E-state index in [2.05, 4.69) is 0 Å². The first-order valence-corrected chi connectivity index (χ1v) is 10.7. The second-order valence-corrected chi connectivity index (χ2v) is 7.20. The summed E-state index contributed by atoms with van der Waals surface area (Å²) in [7, 11) is -18.4. The van der Waals surface area contributed by atoms with Gasteiger partial charge in [-0.1, -0.05) is 0 Å². The van der Waals surface area contributed by atoms with Gasteiger partial charge in [0.15, 0.2) is 0 Å². The van der Waals surface area contributed by atoms with E-state index in [4.69, 9.17) is 76.7 Å². The van der Waals surface area contributed by atoms with Crippen molar-refractivity contribution in [1.29, 1.82) is 0 Å². The Morgan fingerprint density at radius 1 is 0.273 bits per heavy atom. The number of hydrogen-bond donors (Lipinski definition) is 16. The zero-order valence-electron chi connectivity index (χ0n) is 10.5. The van der Waals surface area contributed by atoms with Crippen LogP contribution in [0.3, 0.4) is 0 Å². The topological polar surface area (TPSA) is 324 Å². The van der Waals surface area contributed by atoms with Crippen molar-refractivity contribution in [3.8, 4) is 0 Å². The molecule has 136 valence electrons. The van der Waals surface area contributed by atoms with E-state index >= 15 is 0 Å². The van der Waals surface area contributed by atoms with Crippen LogP contribution in [0, 0.1) is 0 Å². The maximum Gasteiger partial charge on any atom is 1.00 e. The molecule has 0 aromatic heterocycles. The summed E-state index contributed by atoms with van der Waals surface area (Å²) in [4.78, 5) is 117. The molecule has 22 heteroatoms. The molecule has 0 aliphatic carbocycles. The Bertz CT molecular complexity index is 136. The summed E-state index contributed by atoms with van der Waals surface area (Å²) in [5, 5.41) is 0. The van der Waals surface area contributed by atoms with Crippen molar-refractivity contribution in [3.63, 3.8) is 0 Å². The molecule has 0 bridgehead atoms. The van der Waals surface area contributed by atoms with Gasteiger partial charge in [0.2, 0.25) is 0 Å². The summed E-state index contributed by atoms with van der Waals surface area (Å²) >= 11 is 0. The molecule has 0 saturated carbocycles. The fourth-order valence-corrected chi connectivity index (χ4v) is 0. The van der Waals surface area contributed by atoms with Gasteiger partial charge in [-0.3, -0.25) is 0 Å². The fourth-order valence-electron chi connectivity index (χ4n) is 0. The van der Waals surface area contributed by atoms with Gasteiger partial charge in [0.25, 0.3) is 0 Å². The largest absolute Gasteiger partial charge is 1.00 e. The Morgan fingerprint density at radius 3 is 0.273 bits per heavy atom. The summed E-state index contributed by atoms with van der Waals surface area (Å²) in [6.45, 7) is 0. The molecule has 0 spiro atoms. The summed E-state index contributed by atoms with van der Waals surface area (Å²) in [6, 6.07) is 0. The van der Waals surface area contributed by atoms with Crippen LogP contribution >= 0.6 is 0 Å². The fraction of sp³-hybridized carbons (Fsp3) is 0. The van der Waals surface area contributed by atoms with E-state index in [0.717, 1.165) is 0 Å². The van der Waals surface area contributed by atoms with E-state index in [1.807, 2.05) is 0 Å². The first-order chi connectivity index (χ1) is 8.00. The summed E-state index contributed by atoms with van der Waals surface area (Å²) in [5.41, 5.74) is 0. The van der Waals surface area contributed by atoms with Gasteiger partial charge in [0, 0.05) is 0 Å². The molecule has 0 rings (SSSR count). The Morgan fingerprint density at radius 2 is 0.273 bits per heavy atom. The number of rotatable bonds is 0. The van der Waals surface area contributed by atoms with Crippen LogP contribution in [0.4, 0.5) is 0 Å². The molecule has 0 aliphatic heterocycles. The standard InChI is InChI=1S/FH.Na.4H4O4Si/c;;4*1-5(2,3)4/h1H;;4*1-4H/q;+1;;;;/p-1. The molecule has 0 unspecified atom stereocenters. The van der Waals surface area contributed by atoms with E-state index < -0.39 is 36.2 Å². The van der Waals surface area contributed by atoms with Crippen molar-refractivity contribution >= 4 is 36.2 Å². The first-order valence-electron chi connectivity index (χ1n) is 3.58. The van der Waals surface area contributed by atoms with Crippen molar-refractivity contribution in [2.24, 2.45) is 0 Å². The van der Waals surface area contributed by atoms with Crippen LogP contribution < -0.4 is 34.3 Å². The molecular formula is H16FNaO16Si4. The third-order valence-electron chi connectivity index (χ3n) is 0. The number of halogens is 1. The zero-order chi connectivity index (χ0) is 18.0. The molecule has 0 aromatic rings. The molecule has 0 fully saturated rings. The number of hydrogen-bond acceptors (Lipinski definition) is 16.